The molecule has 0 spiro atoms. The maximum Gasteiger partial charge on any atom is 0.339 e. The van der Waals surface area contributed by atoms with Gasteiger partial charge in [-0.05, 0) is 31.2 Å². The lowest BCUT2D eigenvalue weighted by Gasteiger charge is -2.17. The molecule has 0 aliphatic carbocycles. The first-order valence-corrected chi connectivity index (χ1v) is 6.05. The number of rotatable bonds is 4. The summed E-state index contributed by atoms with van der Waals surface area (Å²) in [6.45, 7) is 2.06. The molecule has 102 valence electrons. The molecule has 2 aromatic rings. The van der Waals surface area contributed by atoms with Gasteiger partial charge in [-0.15, -0.1) is 0 Å². The molecular formula is C15H14N2O3. The smallest absolute Gasteiger partial charge is 0.339 e. The van der Waals surface area contributed by atoms with E-state index in [0.29, 0.717) is 23.6 Å². The standard InChI is InChI=1S/C15H14N2O3/c1-10-14(15(18)19)7-13(20-10)9-17(2)12-5-3-4-11(6-12)8-16/h3-7H,9H2,1-2H3,(H,18,19). The number of anilines is 1. The largest absolute Gasteiger partial charge is 0.478 e. The van der Waals surface area contributed by atoms with E-state index in [1.54, 1.807) is 25.1 Å². The van der Waals surface area contributed by atoms with Crippen molar-refractivity contribution in [2.75, 3.05) is 11.9 Å². The van der Waals surface area contributed by atoms with Crippen LogP contribution >= 0.6 is 0 Å². The number of nitrogens with zero attached hydrogens (tertiary/aromatic N) is 2. The number of benzene rings is 1. The van der Waals surface area contributed by atoms with Crippen molar-refractivity contribution in [2.24, 2.45) is 0 Å². The summed E-state index contributed by atoms with van der Waals surface area (Å²) in [7, 11) is 1.86. The Morgan fingerprint density at radius 2 is 2.20 bits per heavy atom. The van der Waals surface area contributed by atoms with Gasteiger partial charge in [0.1, 0.15) is 17.1 Å². The van der Waals surface area contributed by atoms with Crippen LogP contribution in [0.3, 0.4) is 0 Å². The molecule has 2 rings (SSSR count). The molecule has 5 heteroatoms. The van der Waals surface area contributed by atoms with Crippen LogP contribution in [0.15, 0.2) is 34.7 Å². The Morgan fingerprint density at radius 1 is 1.45 bits per heavy atom. The number of furan rings is 1. The summed E-state index contributed by atoms with van der Waals surface area (Å²) in [6.07, 6.45) is 0. The van der Waals surface area contributed by atoms with Crippen LogP contribution in [0, 0.1) is 18.3 Å². The molecule has 20 heavy (non-hydrogen) atoms. The number of aromatic carboxylic acids is 1. The molecule has 0 aliphatic heterocycles. The van der Waals surface area contributed by atoms with Gasteiger partial charge in [-0.1, -0.05) is 6.07 Å². The van der Waals surface area contributed by atoms with Crippen LogP contribution in [0.2, 0.25) is 0 Å². The third-order valence-corrected chi connectivity index (χ3v) is 3.01. The van der Waals surface area contributed by atoms with Crippen LogP contribution in [-0.4, -0.2) is 18.1 Å². The van der Waals surface area contributed by atoms with Crippen LogP contribution in [0.25, 0.3) is 0 Å². The van der Waals surface area contributed by atoms with E-state index >= 15 is 0 Å². The third kappa shape index (κ3) is 2.81. The Bertz CT molecular complexity index is 683. The Balaban J connectivity index is 2.19. The van der Waals surface area contributed by atoms with Crippen molar-refractivity contribution >= 4 is 11.7 Å². The Morgan fingerprint density at radius 3 is 2.80 bits per heavy atom. The van der Waals surface area contributed by atoms with Gasteiger partial charge in [0, 0.05) is 12.7 Å². The first-order valence-electron chi connectivity index (χ1n) is 6.05. The lowest BCUT2D eigenvalue weighted by Crippen LogP contribution is -2.15. The van der Waals surface area contributed by atoms with Crippen LogP contribution in [0.4, 0.5) is 5.69 Å². The van der Waals surface area contributed by atoms with Gasteiger partial charge in [-0.2, -0.15) is 5.26 Å². The number of carboxylic acid groups (broad SMARTS) is 1. The molecule has 1 aromatic heterocycles. The molecule has 0 fully saturated rings. The summed E-state index contributed by atoms with van der Waals surface area (Å²) in [5.74, 6) is -0.0249. The molecular weight excluding hydrogens is 256 g/mol. The molecule has 0 radical (unpaired) electrons. The molecule has 0 saturated heterocycles. The highest BCUT2D eigenvalue weighted by atomic mass is 16.4. The molecule has 0 aliphatic rings. The maximum atomic E-state index is 11.0. The maximum absolute atomic E-state index is 11.0. The lowest BCUT2D eigenvalue weighted by molar-refractivity contribution is 0.0695. The first kappa shape index (κ1) is 13.7. The third-order valence-electron chi connectivity index (χ3n) is 3.01. The predicted octanol–water partition coefficient (Wildman–Crippen LogP) is 2.79. The zero-order chi connectivity index (χ0) is 14.7. The number of carboxylic acids is 1. The van der Waals surface area contributed by atoms with E-state index in [2.05, 4.69) is 6.07 Å². The summed E-state index contributed by atoms with van der Waals surface area (Å²) < 4.78 is 5.44. The average molecular weight is 270 g/mol. The average Bonchev–Trinajstić information content (AvgIpc) is 2.79. The number of carbonyl (C=O) groups is 1. The highest BCUT2D eigenvalue weighted by Crippen LogP contribution is 2.20. The fourth-order valence-electron chi connectivity index (χ4n) is 1.97. The van der Waals surface area contributed by atoms with Gasteiger partial charge >= 0.3 is 5.97 Å². The number of nitriles is 1. The fourth-order valence-corrected chi connectivity index (χ4v) is 1.97. The fraction of sp³-hybridized carbons (Fsp3) is 0.200. The topological polar surface area (TPSA) is 77.5 Å². The molecule has 1 aromatic carbocycles. The van der Waals surface area contributed by atoms with Crippen molar-refractivity contribution in [1.82, 2.24) is 0 Å². The quantitative estimate of drug-likeness (QED) is 0.924. The molecule has 0 saturated carbocycles. The van der Waals surface area contributed by atoms with Crippen LogP contribution in [0.5, 0.6) is 0 Å². The Hall–Kier alpha value is -2.74. The molecule has 0 unspecified atom stereocenters. The Labute approximate surface area is 116 Å². The molecule has 0 amide bonds. The van der Waals surface area contributed by atoms with Gasteiger partial charge < -0.3 is 14.4 Å². The highest BCUT2D eigenvalue weighted by Gasteiger charge is 2.15. The van der Waals surface area contributed by atoms with Gasteiger partial charge in [0.25, 0.3) is 0 Å². The second-order valence-electron chi connectivity index (χ2n) is 4.51. The minimum atomic E-state index is -0.994. The second kappa shape index (κ2) is 5.49. The van der Waals surface area contributed by atoms with E-state index in [-0.39, 0.29) is 5.56 Å². The summed E-state index contributed by atoms with van der Waals surface area (Å²) in [5.41, 5.74) is 1.63. The number of aryl methyl sites for hydroxylation is 1. The normalized spacial score (nSPS) is 10.1. The van der Waals surface area contributed by atoms with Crippen molar-refractivity contribution in [3.63, 3.8) is 0 Å². The van der Waals surface area contributed by atoms with Crippen molar-refractivity contribution in [2.45, 2.75) is 13.5 Å². The molecule has 0 atom stereocenters. The van der Waals surface area contributed by atoms with Gasteiger partial charge in [0.05, 0.1) is 18.2 Å². The van der Waals surface area contributed by atoms with E-state index in [1.807, 2.05) is 18.0 Å². The van der Waals surface area contributed by atoms with Gasteiger partial charge in [-0.3, -0.25) is 0 Å². The van der Waals surface area contributed by atoms with Gasteiger partial charge in [-0.25, -0.2) is 4.79 Å². The Kier molecular flexibility index (Phi) is 3.76. The molecule has 1 heterocycles. The van der Waals surface area contributed by atoms with Gasteiger partial charge in [0.15, 0.2) is 0 Å². The van der Waals surface area contributed by atoms with E-state index in [0.717, 1.165) is 5.69 Å². The zero-order valence-corrected chi connectivity index (χ0v) is 11.3. The van der Waals surface area contributed by atoms with E-state index in [4.69, 9.17) is 14.8 Å². The zero-order valence-electron chi connectivity index (χ0n) is 11.3. The monoisotopic (exact) mass is 270 g/mol. The van der Waals surface area contributed by atoms with Crippen LogP contribution in [0.1, 0.15) is 27.4 Å². The second-order valence-corrected chi connectivity index (χ2v) is 4.51. The van der Waals surface area contributed by atoms with E-state index in [9.17, 15) is 4.79 Å². The molecule has 5 nitrogen and oxygen atoms in total. The minimum Gasteiger partial charge on any atom is -0.478 e. The number of hydrogen-bond donors (Lipinski definition) is 1. The molecule has 0 bridgehead atoms. The van der Waals surface area contributed by atoms with Crippen LogP contribution < -0.4 is 4.90 Å². The van der Waals surface area contributed by atoms with Crippen molar-refractivity contribution in [3.8, 4) is 6.07 Å². The van der Waals surface area contributed by atoms with Gasteiger partial charge in [0.2, 0.25) is 0 Å². The van der Waals surface area contributed by atoms with Crippen molar-refractivity contribution < 1.29 is 14.3 Å². The SMILES string of the molecule is Cc1oc(CN(C)c2cccc(C#N)c2)cc1C(=O)O. The lowest BCUT2D eigenvalue weighted by atomic mass is 10.2. The van der Waals surface area contributed by atoms with E-state index < -0.39 is 5.97 Å². The summed E-state index contributed by atoms with van der Waals surface area (Å²) in [5, 5.41) is 17.9. The first-order chi connectivity index (χ1) is 9.51. The summed E-state index contributed by atoms with van der Waals surface area (Å²) >= 11 is 0. The predicted molar refractivity (Wildman–Crippen MR) is 73.7 cm³/mol. The molecule has 1 N–H and O–H groups in total. The summed E-state index contributed by atoms with van der Waals surface area (Å²) in [6, 6.07) is 10.8. The van der Waals surface area contributed by atoms with Crippen molar-refractivity contribution in [1.29, 1.82) is 5.26 Å². The number of hydrogen-bond acceptors (Lipinski definition) is 4. The summed E-state index contributed by atoms with van der Waals surface area (Å²) in [4.78, 5) is 12.9. The van der Waals surface area contributed by atoms with Crippen molar-refractivity contribution in [3.05, 3.63) is 53.0 Å². The van der Waals surface area contributed by atoms with Crippen LogP contribution in [-0.2, 0) is 6.54 Å². The highest BCUT2D eigenvalue weighted by molar-refractivity contribution is 5.88. The van der Waals surface area contributed by atoms with E-state index in [1.165, 1.54) is 6.07 Å². The minimum absolute atomic E-state index is 0.180.